The zero-order valence-corrected chi connectivity index (χ0v) is 9.61. The van der Waals surface area contributed by atoms with Crippen molar-refractivity contribution in [2.24, 2.45) is 10.8 Å². The van der Waals surface area contributed by atoms with E-state index in [4.69, 9.17) is 5.73 Å². The largest absolute Gasteiger partial charge is 0.505 e. The Hall–Kier alpha value is -2.21. The van der Waals surface area contributed by atoms with E-state index >= 15 is 0 Å². The summed E-state index contributed by atoms with van der Waals surface area (Å²) in [5, 5.41) is 14.7. The van der Waals surface area contributed by atoms with Gasteiger partial charge in [-0.15, -0.1) is 0 Å². The van der Waals surface area contributed by atoms with Crippen molar-refractivity contribution in [2.75, 3.05) is 0 Å². The zero-order chi connectivity index (χ0) is 12.3. The maximum Gasteiger partial charge on any atom is 0.184 e. The number of phenolic OH excluding ortho intramolecular Hbond substituents is 1. The molecule has 86 valence electrons. The van der Waals surface area contributed by atoms with E-state index in [2.05, 4.69) is 27.7 Å². The molecule has 0 aliphatic rings. The van der Waals surface area contributed by atoms with Gasteiger partial charge in [-0.2, -0.15) is 5.10 Å². The van der Waals surface area contributed by atoms with Crippen LogP contribution in [-0.4, -0.2) is 21.4 Å². The van der Waals surface area contributed by atoms with E-state index in [-0.39, 0.29) is 10.9 Å². The van der Waals surface area contributed by atoms with Crippen molar-refractivity contribution in [3.05, 3.63) is 36.0 Å². The molecule has 1 aromatic heterocycles. The van der Waals surface area contributed by atoms with E-state index in [1.807, 2.05) is 18.2 Å². The van der Waals surface area contributed by atoms with E-state index in [1.165, 1.54) is 6.21 Å². The number of aromatic hydroxyl groups is 1. The highest BCUT2D eigenvalue weighted by molar-refractivity contribution is 7.80. The van der Waals surface area contributed by atoms with Gasteiger partial charge in [-0.25, -0.2) is 0 Å². The second kappa shape index (κ2) is 4.75. The fraction of sp³-hybridized carbons (Fsp3) is 0. The lowest BCUT2D eigenvalue weighted by Gasteiger charge is -2.03. The van der Waals surface area contributed by atoms with E-state index < -0.39 is 0 Å². The standard InChI is InChI=1S/C11H10N4OS/c12-11(17)15-14-6-8-4-3-7-2-1-5-13-9(7)10(8)16/h1-6,16H,(H3,12,15,17). The highest BCUT2D eigenvalue weighted by Crippen LogP contribution is 2.25. The third-order valence-corrected chi connectivity index (χ3v) is 2.25. The van der Waals surface area contributed by atoms with Crippen LogP contribution in [0.4, 0.5) is 0 Å². The molecule has 0 atom stereocenters. The van der Waals surface area contributed by atoms with Crippen LogP contribution in [0.25, 0.3) is 10.9 Å². The minimum atomic E-state index is 0.0691. The number of hydrazone groups is 1. The number of phenols is 1. The smallest absolute Gasteiger partial charge is 0.184 e. The van der Waals surface area contributed by atoms with E-state index in [1.54, 1.807) is 12.3 Å². The first-order valence-corrected chi connectivity index (χ1v) is 5.24. The van der Waals surface area contributed by atoms with E-state index in [9.17, 15) is 5.11 Å². The van der Waals surface area contributed by atoms with Crippen LogP contribution in [0.15, 0.2) is 35.6 Å². The Morgan fingerprint density at radius 3 is 3.06 bits per heavy atom. The van der Waals surface area contributed by atoms with Crippen LogP contribution in [0.5, 0.6) is 5.75 Å². The molecule has 4 N–H and O–H groups in total. The predicted octanol–water partition coefficient (Wildman–Crippen LogP) is 1.11. The maximum absolute atomic E-state index is 9.97. The minimum Gasteiger partial charge on any atom is -0.505 e. The van der Waals surface area contributed by atoms with Gasteiger partial charge in [0.1, 0.15) is 5.52 Å². The molecule has 1 heterocycles. The Kier molecular flexibility index (Phi) is 3.15. The van der Waals surface area contributed by atoms with Gasteiger partial charge in [0.25, 0.3) is 0 Å². The first-order valence-electron chi connectivity index (χ1n) is 4.83. The van der Waals surface area contributed by atoms with Crippen molar-refractivity contribution in [2.45, 2.75) is 0 Å². The van der Waals surface area contributed by atoms with Crippen molar-refractivity contribution >= 4 is 34.4 Å². The van der Waals surface area contributed by atoms with Crippen molar-refractivity contribution < 1.29 is 5.11 Å². The monoisotopic (exact) mass is 246 g/mol. The van der Waals surface area contributed by atoms with Gasteiger partial charge in [0.05, 0.1) is 6.21 Å². The number of rotatable bonds is 2. The van der Waals surface area contributed by atoms with Crippen LogP contribution in [0.2, 0.25) is 0 Å². The Bertz CT molecular complexity index is 597. The summed E-state index contributed by atoms with van der Waals surface area (Å²) in [5.41, 5.74) is 8.71. The molecule has 1 aromatic carbocycles. The van der Waals surface area contributed by atoms with Crippen molar-refractivity contribution in [1.82, 2.24) is 10.4 Å². The molecule has 0 aliphatic carbocycles. The third-order valence-electron chi connectivity index (χ3n) is 2.16. The highest BCUT2D eigenvalue weighted by atomic mass is 32.1. The number of hydrogen-bond donors (Lipinski definition) is 3. The molecule has 0 fully saturated rings. The second-order valence-corrected chi connectivity index (χ2v) is 3.75. The van der Waals surface area contributed by atoms with Crippen LogP contribution in [-0.2, 0) is 0 Å². The number of fused-ring (bicyclic) bond motifs is 1. The van der Waals surface area contributed by atoms with Crippen molar-refractivity contribution in [3.8, 4) is 5.75 Å². The average Bonchev–Trinajstić information content (AvgIpc) is 2.32. The normalized spacial score (nSPS) is 10.8. The Labute approximate surface area is 103 Å². The van der Waals surface area contributed by atoms with Gasteiger partial charge >= 0.3 is 0 Å². The summed E-state index contributed by atoms with van der Waals surface area (Å²) in [5.74, 6) is 0.0802. The summed E-state index contributed by atoms with van der Waals surface area (Å²) in [6.07, 6.45) is 3.05. The van der Waals surface area contributed by atoms with Crippen molar-refractivity contribution in [3.63, 3.8) is 0 Å². The first-order chi connectivity index (χ1) is 8.18. The van der Waals surface area contributed by atoms with Gasteiger partial charge in [-0.1, -0.05) is 12.1 Å². The second-order valence-electron chi connectivity index (χ2n) is 3.31. The fourth-order valence-electron chi connectivity index (χ4n) is 1.41. The summed E-state index contributed by atoms with van der Waals surface area (Å²) in [7, 11) is 0. The Morgan fingerprint density at radius 1 is 1.47 bits per heavy atom. The SMILES string of the molecule is NC(=S)NN=Cc1ccc2cccnc2c1O. The summed E-state index contributed by atoms with van der Waals surface area (Å²) >= 11 is 4.60. The molecule has 0 bridgehead atoms. The lowest BCUT2D eigenvalue weighted by atomic mass is 10.1. The number of nitrogens with one attached hydrogen (secondary N) is 1. The number of pyridine rings is 1. The van der Waals surface area contributed by atoms with Gasteiger partial charge in [-0.3, -0.25) is 10.4 Å². The summed E-state index contributed by atoms with van der Waals surface area (Å²) in [6.45, 7) is 0. The van der Waals surface area contributed by atoms with Gasteiger partial charge in [-0.05, 0) is 24.4 Å². The maximum atomic E-state index is 9.97. The summed E-state index contributed by atoms with van der Waals surface area (Å²) in [4.78, 5) is 4.10. The van der Waals surface area contributed by atoms with Gasteiger partial charge in [0, 0.05) is 17.1 Å². The molecule has 0 aliphatic heterocycles. The van der Waals surface area contributed by atoms with E-state index in [0.717, 1.165) is 5.39 Å². The molecule has 0 unspecified atom stereocenters. The summed E-state index contributed by atoms with van der Waals surface area (Å²) in [6, 6.07) is 7.27. The molecule has 2 rings (SSSR count). The number of aromatic nitrogens is 1. The molecule has 0 radical (unpaired) electrons. The number of nitrogens with zero attached hydrogens (tertiary/aromatic N) is 2. The third kappa shape index (κ3) is 2.48. The molecular weight excluding hydrogens is 236 g/mol. The Morgan fingerprint density at radius 2 is 2.29 bits per heavy atom. The van der Waals surface area contributed by atoms with Crippen LogP contribution >= 0.6 is 12.2 Å². The molecule has 6 heteroatoms. The van der Waals surface area contributed by atoms with Crippen LogP contribution in [0.3, 0.4) is 0 Å². The summed E-state index contributed by atoms with van der Waals surface area (Å²) < 4.78 is 0. The fourth-order valence-corrected chi connectivity index (χ4v) is 1.47. The van der Waals surface area contributed by atoms with Gasteiger partial charge in [0.15, 0.2) is 10.9 Å². The van der Waals surface area contributed by atoms with E-state index in [0.29, 0.717) is 11.1 Å². The number of thiocarbonyl (C=S) groups is 1. The number of hydrogen-bond acceptors (Lipinski definition) is 4. The predicted molar refractivity (Wildman–Crippen MR) is 70.9 cm³/mol. The van der Waals surface area contributed by atoms with Crippen LogP contribution < -0.4 is 11.2 Å². The first kappa shape index (κ1) is 11.3. The van der Waals surface area contributed by atoms with Crippen LogP contribution in [0.1, 0.15) is 5.56 Å². The molecule has 0 amide bonds. The molecule has 0 saturated heterocycles. The zero-order valence-electron chi connectivity index (χ0n) is 8.79. The van der Waals surface area contributed by atoms with Gasteiger partial charge < -0.3 is 10.8 Å². The number of nitrogens with two attached hydrogens (primary N) is 1. The topological polar surface area (TPSA) is 83.5 Å². The molecule has 0 saturated carbocycles. The molecular formula is C11H10N4OS. The quantitative estimate of drug-likeness (QED) is 0.420. The van der Waals surface area contributed by atoms with Crippen molar-refractivity contribution in [1.29, 1.82) is 0 Å². The van der Waals surface area contributed by atoms with Gasteiger partial charge in [0.2, 0.25) is 0 Å². The minimum absolute atomic E-state index is 0.0691. The number of benzene rings is 1. The highest BCUT2D eigenvalue weighted by Gasteiger charge is 2.04. The lowest BCUT2D eigenvalue weighted by molar-refractivity contribution is 0.479. The molecule has 2 aromatic rings. The van der Waals surface area contributed by atoms with Crippen LogP contribution in [0, 0.1) is 0 Å². The average molecular weight is 246 g/mol. The Balaban J connectivity index is 2.39. The molecule has 0 spiro atoms. The molecule has 17 heavy (non-hydrogen) atoms. The lowest BCUT2D eigenvalue weighted by Crippen LogP contribution is -2.23. The molecule has 5 nitrogen and oxygen atoms in total.